The highest BCUT2D eigenvalue weighted by Gasteiger charge is 2.36. The number of carbonyl (C=O) groups excluding carboxylic acids is 2. The SMILES string of the molecule is CCN(C(=O)[C@H](C)OC(=O)CCc1nc2sc3c(c2c(=O)[nH]1)CCCC3)[C@@H]1CCS(=O)(=O)C1. The van der Waals surface area contributed by atoms with Crippen molar-refractivity contribution in [3.05, 3.63) is 26.6 Å². The number of nitrogens with zero attached hydrogens (tertiary/aromatic N) is 2. The molecule has 2 aromatic rings. The van der Waals surface area contributed by atoms with Crippen LogP contribution in [0.5, 0.6) is 0 Å². The third-order valence-corrected chi connectivity index (χ3v) is 9.30. The monoisotopic (exact) mass is 495 g/mol. The van der Waals surface area contributed by atoms with Crippen molar-refractivity contribution in [3.8, 4) is 0 Å². The number of nitrogens with one attached hydrogen (secondary N) is 1. The van der Waals surface area contributed by atoms with E-state index in [-0.39, 0.29) is 35.9 Å². The maximum absolute atomic E-state index is 12.8. The van der Waals surface area contributed by atoms with Crippen LogP contribution in [-0.2, 0) is 43.4 Å². The number of H-pyrrole nitrogens is 1. The third-order valence-electron chi connectivity index (χ3n) is 6.37. The lowest BCUT2D eigenvalue weighted by molar-refractivity contribution is -0.160. The summed E-state index contributed by atoms with van der Waals surface area (Å²) in [7, 11) is -3.13. The number of sulfone groups is 1. The highest BCUT2D eigenvalue weighted by atomic mass is 32.2. The number of hydrogen-bond donors (Lipinski definition) is 1. The summed E-state index contributed by atoms with van der Waals surface area (Å²) in [6.45, 7) is 3.61. The van der Waals surface area contributed by atoms with Gasteiger partial charge in [0, 0.05) is 23.9 Å². The van der Waals surface area contributed by atoms with Gasteiger partial charge in [0.1, 0.15) is 10.7 Å². The molecule has 1 amide bonds. The molecule has 0 radical (unpaired) electrons. The summed E-state index contributed by atoms with van der Waals surface area (Å²) in [4.78, 5) is 48.5. The molecule has 11 heteroatoms. The first kappa shape index (κ1) is 23.9. The first-order valence-corrected chi connectivity index (χ1v) is 14.1. The average molecular weight is 496 g/mol. The zero-order valence-corrected chi connectivity index (χ0v) is 20.5. The normalized spacial score (nSPS) is 20.4. The van der Waals surface area contributed by atoms with Crippen LogP contribution < -0.4 is 5.56 Å². The van der Waals surface area contributed by atoms with E-state index >= 15 is 0 Å². The molecule has 9 nitrogen and oxygen atoms in total. The third kappa shape index (κ3) is 5.13. The number of carbonyl (C=O) groups is 2. The molecule has 1 aliphatic carbocycles. The Morgan fingerprint density at radius 3 is 2.76 bits per heavy atom. The molecule has 4 rings (SSSR count). The van der Waals surface area contributed by atoms with Crippen molar-refractivity contribution in [1.82, 2.24) is 14.9 Å². The summed E-state index contributed by atoms with van der Waals surface area (Å²) >= 11 is 1.55. The predicted octanol–water partition coefficient (Wildman–Crippen LogP) is 1.76. The van der Waals surface area contributed by atoms with Gasteiger partial charge >= 0.3 is 5.97 Å². The summed E-state index contributed by atoms with van der Waals surface area (Å²) < 4.78 is 28.8. The number of rotatable bonds is 7. The lowest BCUT2D eigenvalue weighted by Gasteiger charge is -2.29. The fourth-order valence-corrected chi connectivity index (χ4v) is 7.71. The maximum Gasteiger partial charge on any atom is 0.307 e. The average Bonchev–Trinajstić information content (AvgIpc) is 3.32. The zero-order chi connectivity index (χ0) is 23.8. The molecule has 2 aromatic heterocycles. The molecule has 3 heterocycles. The Kier molecular flexibility index (Phi) is 6.90. The van der Waals surface area contributed by atoms with E-state index in [2.05, 4.69) is 9.97 Å². The fraction of sp³-hybridized carbons (Fsp3) is 0.636. The first-order chi connectivity index (χ1) is 15.7. The van der Waals surface area contributed by atoms with Crippen molar-refractivity contribution in [2.45, 2.75) is 70.9 Å². The minimum absolute atomic E-state index is 0.0267. The molecule has 2 aliphatic rings. The van der Waals surface area contributed by atoms with Crippen molar-refractivity contribution in [3.63, 3.8) is 0 Å². The summed E-state index contributed by atoms with van der Waals surface area (Å²) in [5, 5.41) is 0.675. The minimum Gasteiger partial charge on any atom is -0.453 e. The second-order valence-corrected chi connectivity index (χ2v) is 12.0. The molecule has 1 N–H and O–H groups in total. The predicted molar refractivity (Wildman–Crippen MR) is 125 cm³/mol. The van der Waals surface area contributed by atoms with Crippen LogP contribution in [0.25, 0.3) is 10.2 Å². The topological polar surface area (TPSA) is 126 Å². The van der Waals surface area contributed by atoms with E-state index in [1.165, 1.54) is 16.7 Å². The second-order valence-electron chi connectivity index (χ2n) is 8.72. The molecule has 1 saturated heterocycles. The molecule has 0 spiro atoms. The fourth-order valence-electron chi connectivity index (χ4n) is 4.70. The van der Waals surface area contributed by atoms with Gasteiger partial charge in [-0.05, 0) is 51.5 Å². The van der Waals surface area contributed by atoms with Crippen molar-refractivity contribution >= 4 is 43.3 Å². The molecule has 33 heavy (non-hydrogen) atoms. The minimum atomic E-state index is -3.13. The molecular weight excluding hydrogens is 466 g/mol. The maximum atomic E-state index is 12.8. The highest BCUT2D eigenvalue weighted by molar-refractivity contribution is 7.91. The van der Waals surface area contributed by atoms with Gasteiger partial charge in [-0.2, -0.15) is 0 Å². The van der Waals surface area contributed by atoms with Gasteiger partial charge in [0.05, 0.1) is 23.3 Å². The van der Waals surface area contributed by atoms with Crippen LogP contribution in [-0.4, -0.2) is 65.4 Å². The lowest BCUT2D eigenvalue weighted by atomic mass is 9.97. The van der Waals surface area contributed by atoms with Gasteiger partial charge in [0.15, 0.2) is 15.9 Å². The van der Waals surface area contributed by atoms with Gasteiger partial charge in [-0.15, -0.1) is 11.3 Å². The van der Waals surface area contributed by atoms with Crippen LogP contribution in [0.1, 0.15) is 55.8 Å². The van der Waals surface area contributed by atoms with Crippen molar-refractivity contribution < 1.29 is 22.7 Å². The van der Waals surface area contributed by atoms with Crippen LogP contribution in [0.3, 0.4) is 0 Å². The number of aromatic nitrogens is 2. The number of aryl methyl sites for hydroxylation is 3. The molecule has 0 saturated carbocycles. The number of hydrogen-bond acceptors (Lipinski definition) is 8. The number of amides is 1. The zero-order valence-electron chi connectivity index (χ0n) is 18.9. The highest BCUT2D eigenvalue weighted by Crippen LogP contribution is 2.33. The smallest absolute Gasteiger partial charge is 0.307 e. The quantitative estimate of drug-likeness (QED) is 0.580. The number of ether oxygens (including phenoxy) is 1. The molecule has 1 aliphatic heterocycles. The van der Waals surface area contributed by atoms with Gasteiger partial charge in [0.2, 0.25) is 0 Å². The van der Waals surface area contributed by atoms with E-state index < -0.39 is 27.8 Å². The van der Waals surface area contributed by atoms with Gasteiger partial charge in [0.25, 0.3) is 11.5 Å². The van der Waals surface area contributed by atoms with E-state index in [1.54, 1.807) is 18.3 Å². The molecule has 0 aromatic carbocycles. The van der Waals surface area contributed by atoms with E-state index in [4.69, 9.17) is 4.74 Å². The number of esters is 1. The molecule has 1 fully saturated rings. The number of aromatic amines is 1. The van der Waals surface area contributed by atoms with Crippen molar-refractivity contribution in [1.29, 1.82) is 0 Å². The van der Waals surface area contributed by atoms with Gasteiger partial charge in [-0.3, -0.25) is 14.4 Å². The lowest BCUT2D eigenvalue weighted by Crippen LogP contribution is -2.46. The molecular formula is C22H29N3O6S2. The number of likely N-dealkylation sites (N-methyl/N-ethyl adjacent to an activating group) is 1. The van der Waals surface area contributed by atoms with E-state index in [0.717, 1.165) is 31.2 Å². The molecule has 2 atom stereocenters. The van der Waals surface area contributed by atoms with Crippen molar-refractivity contribution in [2.75, 3.05) is 18.1 Å². The molecule has 0 bridgehead atoms. The van der Waals surface area contributed by atoms with Crippen LogP contribution in [0.4, 0.5) is 0 Å². The Labute approximate surface area is 196 Å². The standard InChI is InChI=1S/C22H29N3O6S2/c1-3-25(14-10-11-33(29,30)12-14)22(28)13(2)31-18(26)9-8-17-23-20(27)19-15-6-4-5-7-16(15)32-21(19)24-17/h13-14H,3-12H2,1-2H3,(H,23,24,27)/t13-,14+/m0/s1. The Bertz CT molecular complexity index is 1230. The largest absolute Gasteiger partial charge is 0.453 e. The van der Waals surface area contributed by atoms with E-state index in [9.17, 15) is 22.8 Å². The van der Waals surface area contributed by atoms with Crippen LogP contribution in [0, 0.1) is 0 Å². The van der Waals surface area contributed by atoms with E-state index in [0.29, 0.717) is 29.0 Å². The first-order valence-electron chi connectivity index (χ1n) is 11.4. The van der Waals surface area contributed by atoms with Gasteiger partial charge in [-0.1, -0.05) is 0 Å². The Morgan fingerprint density at radius 1 is 1.30 bits per heavy atom. The second kappa shape index (κ2) is 9.54. The van der Waals surface area contributed by atoms with Crippen molar-refractivity contribution in [2.24, 2.45) is 0 Å². The van der Waals surface area contributed by atoms with Crippen LogP contribution >= 0.6 is 11.3 Å². The Hall–Kier alpha value is -2.27. The van der Waals surface area contributed by atoms with E-state index in [1.807, 2.05) is 0 Å². The Morgan fingerprint density at radius 2 is 2.06 bits per heavy atom. The van der Waals surface area contributed by atoms with Crippen LogP contribution in [0.2, 0.25) is 0 Å². The van der Waals surface area contributed by atoms with Gasteiger partial charge < -0.3 is 14.6 Å². The number of thiophene rings is 1. The summed E-state index contributed by atoms with van der Waals surface area (Å²) in [6, 6.07) is -0.383. The number of fused-ring (bicyclic) bond motifs is 3. The summed E-state index contributed by atoms with van der Waals surface area (Å²) in [5.74, 6) is -0.531. The van der Waals surface area contributed by atoms with Gasteiger partial charge in [-0.25, -0.2) is 13.4 Å². The van der Waals surface area contributed by atoms with Crippen LogP contribution in [0.15, 0.2) is 4.79 Å². The summed E-state index contributed by atoms with van der Waals surface area (Å²) in [5.41, 5.74) is 0.945. The molecule has 180 valence electrons. The molecule has 0 unspecified atom stereocenters. The summed E-state index contributed by atoms with van der Waals surface area (Å²) in [6.07, 6.45) is 3.64. The Balaban J connectivity index is 1.36.